The fourth-order valence-corrected chi connectivity index (χ4v) is 4.33. The molecular weight excluding hydrogens is 442 g/mol. The van der Waals surface area contributed by atoms with Gasteiger partial charge in [-0.3, -0.25) is 4.79 Å². The van der Waals surface area contributed by atoms with Crippen LogP contribution in [0.2, 0.25) is 0 Å². The number of hydrogen-bond donors (Lipinski definition) is 1. The molecule has 0 aliphatic carbocycles. The molecule has 4 rings (SSSR count). The van der Waals surface area contributed by atoms with E-state index < -0.39 is 17.5 Å². The third kappa shape index (κ3) is 5.28. The minimum absolute atomic E-state index is 0.139. The Morgan fingerprint density at radius 1 is 0.857 bits per heavy atom. The van der Waals surface area contributed by atoms with Crippen molar-refractivity contribution in [2.75, 3.05) is 13.2 Å². The molecule has 1 heterocycles. The Labute approximate surface area is 205 Å². The Morgan fingerprint density at radius 2 is 1.34 bits per heavy atom. The van der Waals surface area contributed by atoms with E-state index in [-0.39, 0.29) is 30.8 Å². The third-order valence-electron chi connectivity index (χ3n) is 5.94. The van der Waals surface area contributed by atoms with Gasteiger partial charge in [-0.1, -0.05) is 105 Å². The minimum atomic E-state index is -0.954. The van der Waals surface area contributed by atoms with Crippen LogP contribution in [0.3, 0.4) is 0 Å². The summed E-state index contributed by atoms with van der Waals surface area (Å²) in [7, 11) is 0. The molecule has 1 aromatic heterocycles. The van der Waals surface area contributed by atoms with Crippen molar-refractivity contribution in [3.8, 4) is 5.88 Å². The first-order chi connectivity index (χ1) is 17.0. The van der Waals surface area contributed by atoms with Gasteiger partial charge in [0.15, 0.2) is 5.76 Å². The molecule has 6 heteroatoms. The first kappa shape index (κ1) is 24.2. The van der Waals surface area contributed by atoms with Gasteiger partial charge >= 0.3 is 5.97 Å². The third-order valence-corrected chi connectivity index (χ3v) is 5.94. The zero-order chi connectivity index (χ0) is 24.7. The molecule has 0 fully saturated rings. The maximum Gasteiger partial charge on any atom is 0.314 e. The number of hydrogen-bond acceptors (Lipinski definition) is 5. The van der Waals surface area contributed by atoms with Gasteiger partial charge < -0.3 is 19.1 Å². The summed E-state index contributed by atoms with van der Waals surface area (Å²) in [6.07, 6.45) is 0. The molecular formula is C29H29NO5. The van der Waals surface area contributed by atoms with Crippen molar-refractivity contribution in [1.29, 1.82) is 0 Å². The van der Waals surface area contributed by atoms with Gasteiger partial charge in [-0.25, -0.2) is 0 Å². The maximum absolute atomic E-state index is 11.6. The SMILES string of the molecule is CC(C)C(C(=O)O)c1cc(OCCOC(c2ccccc2)(c2ccccc2)c2ccccc2)no1. The Bertz CT molecular complexity index is 1110. The van der Waals surface area contributed by atoms with Crippen LogP contribution in [0.15, 0.2) is 102 Å². The number of carbonyl (C=O) groups is 1. The lowest BCUT2D eigenvalue weighted by atomic mass is 9.80. The average Bonchev–Trinajstić information content (AvgIpc) is 3.33. The van der Waals surface area contributed by atoms with Crippen LogP contribution in [-0.2, 0) is 15.1 Å². The number of aliphatic carboxylic acids is 1. The molecule has 0 saturated heterocycles. The van der Waals surface area contributed by atoms with E-state index >= 15 is 0 Å². The molecule has 0 saturated carbocycles. The van der Waals surface area contributed by atoms with E-state index in [1.165, 1.54) is 6.07 Å². The van der Waals surface area contributed by atoms with Gasteiger partial charge in [0.05, 0.1) is 6.61 Å². The highest BCUT2D eigenvalue weighted by Gasteiger charge is 2.37. The molecule has 6 nitrogen and oxygen atoms in total. The monoisotopic (exact) mass is 471 g/mol. The first-order valence-corrected chi connectivity index (χ1v) is 11.6. The summed E-state index contributed by atoms with van der Waals surface area (Å²) in [6, 6.07) is 31.8. The molecule has 0 amide bonds. The van der Waals surface area contributed by atoms with Crippen LogP contribution < -0.4 is 4.74 Å². The smallest absolute Gasteiger partial charge is 0.314 e. The van der Waals surface area contributed by atoms with Gasteiger partial charge in [0.1, 0.15) is 18.1 Å². The predicted octanol–water partition coefficient (Wildman–Crippen LogP) is 5.89. The largest absolute Gasteiger partial charge is 0.481 e. The summed E-state index contributed by atoms with van der Waals surface area (Å²) < 4.78 is 17.7. The molecule has 1 atom stereocenters. The van der Waals surface area contributed by atoms with Crippen molar-refractivity contribution in [2.24, 2.45) is 5.92 Å². The van der Waals surface area contributed by atoms with E-state index in [0.29, 0.717) is 0 Å². The molecule has 0 spiro atoms. The summed E-state index contributed by atoms with van der Waals surface area (Å²) in [6.45, 7) is 4.12. The predicted molar refractivity (Wildman–Crippen MR) is 132 cm³/mol. The van der Waals surface area contributed by atoms with Gasteiger partial charge in [0.25, 0.3) is 5.88 Å². The van der Waals surface area contributed by atoms with Gasteiger partial charge in [0, 0.05) is 6.07 Å². The Hall–Kier alpha value is -3.90. The van der Waals surface area contributed by atoms with Crippen molar-refractivity contribution in [1.82, 2.24) is 5.16 Å². The van der Waals surface area contributed by atoms with Crippen LogP contribution in [0.1, 0.15) is 42.2 Å². The molecule has 4 aromatic rings. The lowest BCUT2D eigenvalue weighted by Crippen LogP contribution is -2.34. The summed E-state index contributed by atoms with van der Waals surface area (Å²) in [4.78, 5) is 11.6. The van der Waals surface area contributed by atoms with Crippen LogP contribution in [0.5, 0.6) is 5.88 Å². The minimum Gasteiger partial charge on any atom is -0.481 e. The van der Waals surface area contributed by atoms with Crippen molar-refractivity contribution in [3.63, 3.8) is 0 Å². The lowest BCUT2D eigenvalue weighted by molar-refractivity contribution is -0.140. The molecule has 1 unspecified atom stereocenters. The number of rotatable bonds is 11. The number of nitrogens with zero attached hydrogens (tertiary/aromatic N) is 1. The van der Waals surface area contributed by atoms with Gasteiger partial charge in [-0.05, 0) is 27.8 Å². The van der Waals surface area contributed by atoms with Crippen LogP contribution in [0.25, 0.3) is 0 Å². The van der Waals surface area contributed by atoms with Crippen molar-refractivity contribution >= 4 is 5.97 Å². The Kier molecular flexibility index (Phi) is 7.63. The van der Waals surface area contributed by atoms with Crippen molar-refractivity contribution in [3.05, 3.63) is 120 Å². The molecule has 0 radical (unpaired) electrons. The zero-order valence-electron chi connectivity index (χ0n) is 19.8. The summed E-state index contributed by atoms with van der Waals surface area (Å²) in [5, 5.41) is 13.4. The van der Waals surface area contributed by atoms with Crippen molar-refractivity contribution < 1.29 is 23.9 Å². The molecule has 180 valence electrons. The normalized spacial score (nSPS) is 12.4. The number of benzene rings is 3. The number of carboxylic acids is 1. The lowest BCUT2D eigenvalue weighted by Gasteiger charge is -2.35. The Morgan fingerprint density at radius 3 is 1.77 bits per heavy atom. The molecule has 0 aliphatic rings. The highest BCUT2D eigenvalue weighted by Crippen LogP contribution is 2.40. The summed E-state index contributed by atoms with van der Waals surface area (Å²) in [5.74, 6) is -1.36. The molecule has 3 aromatic carbocycles. The fourth-order valence-electron chi connectivity index (χ4n) is 4.33. The summed E-state index contributed by atoms with van der Waals surface area (Å²) >= 11 is 0. The van der Waals surface area contributed by atoms with Gasteiger partial charge in [-0.15, -0.1) is 0 Å². The zero-order valence-corrected chi connectivity index (χ0v) is 19.8. The number of aromatic nitrogens is 1. The molecule has 1 N–H and O–H groups in total. The van der Waals surface area contributed by atoms with Crippen LogP contribution in [0.4, 0.5) is 0 Å². The fraction of sp³-hybridized carbons (Fsp3) is 0.241. The van der Waals surface area contributed by atoms with Crippen LogP contribution in [0, 0.1) is 5.92 Å². The highest BCUT2D eigenvalue weighted by molar-refractivity contribution is 5.75. The quantitative estimate of drug-likeness (QED) is 0.217. The van der Waals surface area contributed by atoms with E-state index in [2.05, 4.69) is 41.6 Å². The van der Waals surface area contributed by atoms with Crippen LogP contribution in [-0.4, -0.2) is 29.4 Å². The Balaban J connectivity index is 1.57. The van der Waals surface area contributed by atoms with E-state index in [1.807, 2.05) is 68.4 Å². The van der Waals surface area contributed by atoms with Gasteiger partial charge in [0.2, 0.25) is 0 Å². The average molecular weight is 472 g/mol. The van der Waals surface area contributed by atoms with Crippen LogP contribution >= 0.6 is 0 Å². The topological polar surface area (TPSA) is 81.8 Å². The van der Waals surface area contributed by atoms with E-state index in [9.17, 15) is 9.90 Å². The van der Waals surface area contributed by atoms with E-state index in [0.717, 1.165) is 16.7 Å². The second-order valence-electron chi connectivity index (χ2n) is 8.60. The van der Waals surface area contributed by atoms with E-state index in [4.69, 9.17) is 14.0 Å². The van der Waals surface area contributed by atoms with Gasteiger partial charge in [-0.2, -0.15) is 0 Å². The van der Waals surface area contributed by atoms with Crippen molar-refractivity contribution in [2.45, 2.75) is 25.4 Å². The standard InChI is InChI=1S/C29H29NO5/c1-21(2)27(28(31)32)25-20-26(30-35-25)33-18-19-34-29(22-12-6-3-7-13-22,23-14-8-4-9-15-23)24-16-10-5-11-17-24/h3-17,20-21,27H,18-19H2,1-2H3,(H,31,32). The second-order valence-corrected chi connectivity index (χ2v) is 8.60. The molecule has 0 bridgehead atoms. The first-order valence-electron chi connectivity index (χ1n) is 11.6. The van der Waals surface area contributed by atoms with E-state index in [1.54, 1.807) is 0 Å². The number of carboxylic acid groups (broad SMARTS) is 1. The highest BCUT2D eigenvalue weighted by atomic mass is 16.6. The maximum atomic E-state index is 11.6. The molecule has 0 aliphatic heterocycles. The summed E-state index contributed by atoms with van der Waals surface area (Å²) in [5.41, 5.74) is 2.17. The second kappa shape index (κ2) is 11.0. The molecule has 35 heavy (non-hydrogen) atoms. The number of ether oxygens (including phenoxy) is 2.